The summed E-state index contributed by atoms with van der Waals surface area (Å²) in [4.78, 5) is 0. The Labute approximate surface area is 60.7 Å². The first-order valence-electron chi connectivity index (χ1n) is 3.37. The van der Waals surface area contributed by atoms with E-state index in [0.29, 0.717) is 0 Å². The van der Waals surface area contributed by atoms with Gasteiger partial charge < -0.3 is 0 Å². The molecule has 0 bridgehead atoms. The van der Waals surface area contributed by atoms with E-state index >= 15 is 0 Å². The fourth-order valence-electron chi connectivity index (χ4n) is 0.867. The molecule has 1 aromatic rings. The predicted octanol–water partition coefficient (Wildman–Crippen LogP) is 2.75. The lowest BCUT2D eigenvalue weighted by atomic mass is 10.0. The molecule has 0 aliphatic carbocycles. The van der Waals surface area contributed by atoms with Crippen molar-refractivity contribution in [2.24, 2.45) is 0 Å². The maximum Gasteiger partial charge on any atom is 0.126 e. The van der Waals surface area contributed by atoms with Gasteiger partial charge in [-0.05, 0) is 29.7 Å². The van der Waals surface area contributed by atoms with Gasteiger partial charge in [0, 0.05) is 0 Å². The summed E-state index contributed by atoms with van der Waals surface area (Å²) in [6.07, 6.45) is 0. The third kappa shape index (κ3) is 1.35. The minimum atomic E-state index is -0.131. The molecule has 0 fully saturated rings. The Morgan fingerprint density at radius 1 is 1.50 bits per heavy atom. The van der Waals surface area contributed by atoms with Crippen LogP contribution in [0.4, 0.5) is 4.39 Å². The van der Waals surface area contributed by atoms with Crippen molar-refractivity contribution in [2.45, 2.75) is 19.8 Å². The van der Waals surface area contributed by atoms with Crippen molar-refractivity contribution in [2.75, 3.05) is 0 Å². The van der Waals surface area contributed by atoms with Crippen molar-refractivity contribution in [3.8, 4) is 0 Å². The third-order valence-corrected chi connectivity index (χ3v) is 1.46. The first-order chi connectivity index (χ1) is 4.72. The lowest BCUT2D eigenvalue weighted by molar-refractivity contribution is 0.598. The standard InChI is InChI=1S/C9H10F/c1-7(2)8-5-3-4-6-9(8)10/h4-7H,1-2H3. The van der Waals surface area contributed by atoms with Crippen LogP contribution in [0, 0.1) is 11.9 Å². The van der Waals surface area contributed by atoms with Crippen LogP contribution < -0.4 is 0 Å². The fraction of sp³-hybridized carbons (Fsp3) is 0.333. The minimum Gasteiger partial charge on any atom is -0.207 e. The van der Waals surface area contributed by atoms with E-state index in [9.17, 15) is 4.39 Å². The van der Waals surface area contributed by atoms with E-state index < -0.39 is 0 Å². The fourth-order valence-corrected chi connectivity index (χ4v) is 0.867. The Morgan fingerprint density at radius 3 is 2.60 bits per heavy atom. The molecule has 53 valence electrons. The van der Waals surface area contributed by atoms with Gasteiger partial charge in [0.2, 0.25) is 0 Å². The van der Waals surface area contributed by atoms with Crippen LogP contribution in [0.1, 0.15) is 25.3 Å². The summed E-state index contributed by atoms with van der Waals surface area (Å²) in [5, 5.41) is 0. The van der Waals surface area contributed by atoms with E-state index in [4.69, 9.17) is 0 Å². The molecule has 1 aromatic carbocycles. The number of hydrogen-bond donors (Lipinski definition) is 0. The second kappa shape index (κ2) is 2.82. The van der Waals surface area contributed by atoms with Crippen LogP contribution in [0.25, 0.3) is 0 Å². The smallest absolute Gasteiger partial charge is 0.126 e. The predicted molar refractivity (Wildman–Crippen MR) is 39.3 cm³/mol. The molecule has 0 nitrogen and oxygen atoms in total. The Balaban J connectivity index is 3.03. The maximum atomic E-state index is 12.8. The minimum absolute atomic E-state index is 0.131. The highest BCUT2D eigenvalue weighted by atomic mass is 19.1. The lowest BCUT2D eigenvalue weighted by Crippen LogP contribution is -1.90. The Kier molecular flexibility index (Phi) is 2.05. The van der Waals surface area contributed by atoms with E-state index in [2.05, 4.69) is 6.07 Å². The Morgan fingerprint density at radius 2 is 2.20 bits per heavy atom. The van der Waals surface area contributed by atoms with Gasteiger partial charge in [0.1, 0.15) is 5.82 Å². The van der Waals surface area contributed by atoms with E-state index in [0.717, 1.165) is 5.56 Å². The zero-order chi connectivity index (χ0) is 7.56. The van der Waals surface area contributed by atoms with Gasteiger partial charge in [0.15, 0.2) is 0 Å². The second-order valence-electron chi connectivity index (χ2n) is 2.60. The zero-order valence-corrected chi connectivity index (χ0v) is 6.19. The van der Waals surface area contributed by atoms with E-state index in [-0.39, 0.29) is 11.7 Å². The molecule has 1 heteroatoms. The molecule has 0 heterocycles. The first kappa shape index (κ1) is 7.26. The number of benzene rings is 1. The van der Waals surface area contributed by atoms with Crippen molar-refractivity contribution in [1.82, 2.24) is 0 Å². The van der Waals surface area contributed by atoms with Gasteiger partial charge in [-0.3, -0.25) is 0 Å². The molecule has 0 saturated carbocycles. The second-order valence-corrected chi connectivity index (χ2v) is 2.60. The molecule has 0 spiro atoms. The maximum absolute atomic E-state index is 12.8. The van der Waals surface area contributed by atoms with Gasteiger partial charge >= 0.3 is 0 Å². The normalized spacial score (nSPS) is 10.4. The molecule has 0 amide bonds. The average Bonchev–Trinajstić information content (AvgIpc) is 1.88. The third-order valence-electron chi connectivity index (χ3n) is 1.46. The summed E-state index contributed by atoms with van der Waals surface area (Å²) < 4.78 is 12.8. The van der Waals surface area contributed by atoms with Crippen molar-refractivity contribution in [3.63, 3.8) is 0 Å². The van der Waals surface area contributed by atoms with Gasteiger partial charge in [-0.25, -0.2) is 4.39 Å². The van der Waals surface area contributed by atoms with E-state index in [1.54, 1.807) is 12.1 Å². The molecule has 1 radical (unpaired) electrons. The quantitative estimate of drug-likeness (QED) is 0.558. The van der Waals surface area contributed by atoms with E-state index in [1.807, 2.05) is 13.8 Å². The van der Waals surface area contributed by atoms with Crippen LogP contribution in [0.15, 0.2) is 18.2 Å². The topological polar surface area (TPSA) is 0 Å². The SMILES string of the molecule is CC(C)c1c[c]ccc1F. The highest BCUT2D eigenvalue weighted by Crippen LogP contribution is 2.16. The van der Waals surface area contributed by atoms with Gasteiger partial charge in [0.05, 0.1) is 0 Å². The molecule has 0 unspecified atom stereocenters. The van der Waals surface area contributed by atoms with Crippen LogP contribution in [-0.4, -0.2) is 0 Å². The Bertz CT molecular complexity index is 216. The van der Waals surface area contributed by atoms with Crippen molar-refractivity contribution in [3.05, 3.63) is 35.6 Å². The van der Waals surface area contributed by atoms with Crippen LogP contribution in [0.2, 0.25) is 0 Å². The monoisotopic (exact) mass is 137 g/mol. The summed E-state index contributed by atoms with van der Waals surface area (Å²) in [7, 11) is 0. The Hall–Kier alpha value is -0.850. The molecule has 0 aromatic heterocycles. The molecule has 0 aliphatic heterocycles. The van der Waals surface area contributed by atoms with Crippen LogP contribution in [-0.2, 0) is 0 Å². The first-order valence-corrected chi connectivity index (χ1v) is 3.37. The zero-order valence-electron chi connectivity index (χ0n) is 6.19. The summed E-state index contributed by atoms with van der Waals surface area (Å²) in [5.74, 6) is 0.117. The molecule has 10 heavy (non-hydrogen) atoms. The highest BCUT2D eigenvalue weighted by molar-refractivity contribution is 5.19. The summed E-state index contributed by atoms with van der Waals surface area (Å²) >= 11 is 0. The number of rotatable bonds is 1. The van der Waals surface area contributed by atoms with Gasteiger partial charge in [-0.1, -0.05) is 19.9 Å². The average molecular weight is 137 g/mol. The van der Waals surface area contributed by atoms with Crippen molar-refractivity contribution in [1.29, 1.82) is 0 Å². The van der Waals surface area contributed by atoms with Crippen LogP contribution in [0.5, 0.6) is 0 Å². The molecule has 0 N–H and O–H groups in total. The molecule has 0 aliphatic rings. The molecular formula is C9H10F. The molecular weight excluding hydrogens is 127 g/mol. The number of hydrogen-bond acceptors (Lipinski definition) is 0. The highest BCUT2D eigenvalue weighted by Gasteiger charge is 2.03. The lowest BCUT2D eigenvalue weighted by Gasteiger charge is -2.04. The van der Waals surface area contributed by atoms with Gasteiger partial charge in [-0.2, -0.15) is 0 Å². The van der Waals surface area contributed by atoms with Crippen LogP contribution >= 0.6 is 0 Å². The molecule has 0 saturated heterocycles. The van der Waals surface area contributed by atoms with Crippen LogP contribution in [0.3, 0.4) is 0 Å². The number of halogens is 1. The van der Waals surface area contributed by atoms with Crippen molar-refractivity contribution >= 4 is 0 Å². The molecule has 0 atom stereocenters. The molecule has 1 rings (SSSR count). The summed E-state index contributed by atoms with van der Waals surface area (Å²) in [6.45, 7) is 3.93. The summed E-state index contributed by atoms with van der Waals surface area (Å²) in [6, 6.07) is 7.56. The van der Waals surface area contributed by atoms with Gasteiger partial charge in [0.25, 0.3) is 0 Å². The summed E-state index contributed by atoms with van der Waals surface area (Å²) in [5.41, 5.74) is 0.738. The largest absolute Gasteiger partial charge is 0.207 e. The van der Waals surface area contributed by atoms with Gasteiger partial charge in [-0.15, -0.1) is 0 Å². The van der Waals surface area contributed by atoms with E-state index in [1.165, 1.54) is 6.07 Å². The van der Waals surface area contributed by atoms with Crippen molar-refractivity contribution < 1.29 is 4.39 Å².